The third-order valence-corrected chi connectivity index (χ3v) is 4.18. The highest BCUT2D eigenvalue weighted by molar-refractivity contribution is 5.95. The average molecular weight is 293 g/mol. The van der Waals surface area contributed by atoms with Gasteiger partial charge in [0.2, 0.25) is 0 Å². The fourth-order valence-electron chi connectivity index (χ4n) is 2.91. The number of carbonyl (C=O) groups is 1. The van der Waals surface area contributed by atoms with Crippen LogP contribution in [-0.2, 0) is 9.53 Å². The molecule has 1 aromatic carbocycles. The van der Waals surface area contributed by atoms with E-state index in [0.29, 0.717) is 11.6 Å². The molecule has 21 heavy (non-hydrogen) atoms. The fraction of sp³-hybridized carbons (Fsp3) is 0.588. The van der Waals surface area contributed by atoms with E-state index in [1.165, 1.54) is 29.9 Å². The Labute approximate surface area is 126 Å². The van der Waals surface area contributed by atoms with Gasteiger partial charge in [-0.25, -0.2) is 4.39 Å². The van der Waals surface area contributed by atoms with Gasteiger partial charge in [-0.3, -0.25) is 4.79 Å². The van der Waals surface area contributed by atoms with Gasteiger partial charge < -0.3 is 9.64 Å². The van der Waals surface area contributed by atoms with Crippen LogP contribution in [0.4, 0.5) is 10.1 Å². The highest BCUT2D eigenvalue weighted by atomic mass is 19.1. The molecule has 1 fully saturated rings. The first kappa shape index (κ1) is 16.0. The molecule has 0 aromatic heterocycles. The molecular formula is C17H24FNO2. The monoisotopic (exact) mass is 293 g/mol. The van der Waals surface area contributed by atoms with E-state index >= 15 is 0 Å². The van der Waals surface area contributed by atoms with Gasteiger partial charge in [-0.15, -0.1) is 0 Å². The fourth-order valence-corrected chi connectivity index (χ4v) is 2.91. The molecule has 3 atom stereocenters. The zero-order valence-corrected chi connectivity index (χ0v) is 13.0. The molecule has 4 heteroatoms. The zero-order chi connectivity index (χ0) is 15.4. The molecule has 1 aliphatic rings. The third-order valence-electron chi connectivity index (χ3n) is 4.18. The number of hydrogen-bond donors (Lipinski definition) is 0. The molecule has 0 saturated heterocycles. The Morgan fingerprint density at radius 3 is 2.62 bits per heavy atom. The Morgan fingerprint density at radius 1 is 1.33 bits per heavy atom. The van der Waals surface area contributed by atoms with Gasteiger partial charge in [0.15, 0.2) is 0 Å². The molecule has 1 amide bonds. The summed E-state index contributed by atoms with van der Waals surface area (Å²) in [5.41, 5.74) is 0.675. The molecule has 0 N–H and O–H groups in total. The van der Waals surface area contributed by atoms with Gasteiger partial charge in [0.25, 0.3) is 5.91 Å². The van der Waals surface area contributed by atoms with Crippen LogP contribution in [0.3, 0.4) is 0 Å². The van der Waals surface area contributed by atoms with Gasteiger partial charge in [0.1, 0.15) is 11.9 Å². The van der Waals surface area contributed by atoms with Crippen molar-refractivity contribution in [3.8, 4) is 0 Å². The van der Waals surface area contributed by atoms with Crippen LogP contribution >= 0.6 is 0 Å². The molecule has 3 unspecified atom stereocenters. The Hall–Kier alpha value is -1.42. The highest BCUT2D eigenvalue weighted by Crippen LogP contribution is 2.27. The Kier molecular flexibility index (Phi) is 5.34. The van der Waals surface area contributed by atoms with Crippen LogP contribution in [-0.4, -0.2) is 25.2 Å². The topological polar surface area (TPSA) is 29.5 Å². The molecule has 0 bridgehead atoms. The van der Waals surface area contributed by atoms with E-state index < -0.39 is 6.10 Å². The van der Waals surface area contributed by atoms with Crippen molar-refractivity contribution in [3.05, 3.63) is 30.1 Å². The van der Waals surface area contributed by atoms with Crippen LogP contribution in [0.2, 0.25) is 0 Å². The lowest BCUT2D eigenvalue weighted by molar-refractivity contribution is -0.134. The van der Waals surface area contributed by atoms with Crippen molar-refractivity contribution in [2.45, 2.75) is 51.7 Å². The first-order valence-corrected chi connectivity index (χ1v) is 7.66. The maximum Gasteiger partial charge on any atom is 0.255 e. The number of carbonyl (C=O) groups excluding carboxylic acids is 1. The predicted octanol–water partition coefficient (Wildman–Crippen LogP) is 3.77. The Balaban J connectivity index is 1.93. The maximum absolute atomic E-state index is 12.9. The Morgan fingerprint density at radius 2 is 2.00 bits per heavy atom. The highest BCUT2D eigenvalue weighted by Gasteiger charge is 2.26. The van der Waals surface area contributed by atoms with Crippen molar-refractivity contribution in [1.29, 1.82) is 0 Å². The minimum Gasteiger partial charge on any atom is -0.365 e. The number of anilines is 1. The quantitative estimate of drug-likeness (QED) is 0.845. The summed E-state index contributed by atoms with van der Waals surface area (Å²) in [7, 11) is 1.69. The number of halogens is 1. The smallest absolute Gasteiger partial charge is 0.255 e. The largest absolute Gasteiger partial charge is 0.365 e. The SMILES string of the molecule is CC1CCCC(OC(C)C(=O)N(C)c2ccc(F)cc2)C1. The zero-order valence-electron chi connectivity index (χ0n) is 13.0. The lowest BCUT2D eigenvalue weighted by Gasteiger charge is -2.30. The molecule has 0 heterocycles. The van der Waals surface area contributed by atoms with E-state index in [4.69, 9.17) is 4.74 Å². The third kappa shape index (κ3) is 4.27. The number of benzene rings is 1. The van der Waals surface area contributed by atoms with Crippen LogP contribution in [0.5, 0.6) is 0 Å². The van der Waals surface area contributed by atoms with E-state index in [-0.39, 0.29) is 17.8 Å². The second-order valence-corrected chi connectivity index (χ2v) is 6.05. The number of amides is 1. The molecule has 3 nitrogen and oxygen atoms in total. The summed E-state index contributed by atoms with van der Waals surface area (Å²) < 4.78 is 18.9. The van der Waals surface area contributed by atoms with E-state index in [0.717, 1.165) is 12.8 Å². The molecule has 1 aliphatic carbocycles. The Bertz CT molecular complexity index is 474. The van der Waals surface area contributed by atoms with Crippen molar-refractivity contribution in [2.24, 2.45) is 5.92 Å². The lowest BCUT2D eigenvalue weighted by atomic mass is 9.88. The standard InChI is InChI=1S/C17H24FNO2/c1-12-5-4-6-16(11-12)21-13(2)17(20)19(3)15-9-7-14(18)8-10-15/h7-10,12-13,16H,4-6,11H2,1-3H3. The normalized spacial score (nSPS) is 23.6. The van der Waals surface area contributed by atoms with Gasteiger partial charge in [0, 0.05) is 12.7 Å². The minimum atomic E-state index is -0.477. The first-order chi connectivity index (χ1) is 9.97. The molecule has 0 spiro atoms. The number of likely N-dealkylation sites (N-methyl/N-ethyl adjacent to an activating group) is 1. The second kappa shape index (κ2) is 7.03. The van der Waals surface area contributed by atoms with Crippen molar-refractivity contribution in [2.75, 3.05) is 11.9 Å². The van der Waals surface area contributed by atoms with Crippen molar-refractivity contribution >= 4 is 11.6 Å². The van der Waals surface area contributed by atoms with Crippen LogP contribution in [0.1, 0.15) is 39.5 Å². The van der Waals surface area contributed by atoms with Crippen molar-refractivity contribution in [3.63, 3.8) is 0 Å². The summed E-state index contributed by atoms with van der Waals surface area (Å²) in [6.45, 7) is 4.02. The number of ether oxygens (including phenoxy) is 1. The number of hydrogen-bond acceptors (Lipinski definition) is 2. The molecule has 0 radical (unpaired) electrons. The first-order valence-electron chi connectivity index (χ1n) is 7.66. The van der Waals surface area contributed by atoms with Crippen LogP contribution in [0, 0.1) is 11.7 Å². The van der Waals surface area contributed by atoms with Crippen LogP contribution in [0.15, 0.2) is 24.3 Å². The van der Waals surface area contributed by atoms with Crippen molar-refractivity contribution in [1.82, 2.24) is 0 Å². The molecule has 116 valence electrons. The number of nitrogens with zero attached hydrogens (tertiary/aromatic N) is 1. The minimum absolute atomic E-state index is 0.0974. The van der Waals surface area contributed by atoms with Crippen LogP contribution in [0.25, 0.3) is 0 Å². The maximum atomic E-state index is 12.9. The summed E-state index contributed by atoms with van der Waals surface area (Å²) in [4.78, 5) is 13.9. The summed E-state index contributed by atoms with van der Waals surface area (Å²) in [5, 5.41) is 0. The van der Waals surface area contributed by atoms with E-state index in [1.807, 2.05) is 0 Å². The summed E-state index contributed by atoms with van der Waals surface area (Å²) in [6, 6.07) is 5.91. The summed E-state index contributed by atoms with van der Waals surface area (Å²) in [5.74, 6) is 0.265. The average Bonchev–Trinajstić information content (AvgIpc) is 2.46. The molecule has 1 saturated carbocycles. The molecule has 2 rings (SSSR count). The van der Waals surface area contributed by atoms with E-state index in [1.54, 1.807) is 26.1 Å². The van der Waals surface area contributed by atoms with Gasteiger partial charge in [-0.1, -0.05) is 19.8 Å². The number of rotatable bonds is 4. The van der Waals surface area contributed by atoms with Gasteiger partial charge in [0.05, 0.1) is 6.10 Å². The summed E-state index contributed by atoms with van der Waals surface area (Å²) in [6.07, 6.45) is 4.17. The molecule has 1 aromatic rings. The summed E-state index contributed by atoms with van der Waals surface area (Å²) >= 11 is 0. The van der Waals surface area contributed by atoms with Gasteiger partial charge in [-0.2, -0.15) is 0 Å². The predicted molar refractivity (Wildman–Crippen MR) is 81.8 cm³/mol. The van der Waals surface area contributed by atoms with E-state index in [9.17, 15) is 9.18 Å². The van der Waals surface area contributed by atoms with Crippen LogP contribution < -0.4 is 4.90 Å². The van der Waals surface area contributed by atoms with E-state index in [2.05, 4.69) is 6.92 Å². The molecule has 0 aliphatic heterocycles. The van der Waals surface area contributed by atoms with Crippen molar-refractivity contribution < 1.29 is 13.9 Å². The second-order valence-electron chi connectivity index (χ2n) is 6.05. The van der Waals surface area contributed by atoms with Gasteiger partial charge in [-0.05, 0) is 49.9 Å². The lowest BCUT2D eigenvalue weighted by Crippen LogP contribution is -2.39. The molecular weight excluding hydrogens is 269 g/mol. The van der Waals surface area contributed by atoms with Gasteiger partial charge >= 0.3 is 0 Å².